The number of esters is 2. The van der Waals surface area contributed by atoms with Crippen molar-refractivity contribution in [3.8, 4) is 5.75 Å². The number of aliphatic hydroxyl groups is 1. The van der Waals surface area contributed by atoms with Crippen LogP contribution in [0.2, 0.25) is 0 Å². The monoisotopic (exact) mass is 436 g/mol. The van der Waals surface area contributed by atoms with Gasteiger partial charge >= 0.3 is 19.4 Å². The summed E-state index contributed by atoms with van der Waals surface area (Å²) in [5.74, 6) is -1.80. The van der Waals surface area contributed by atoms with Crippen molar-refractivity contribution in [1.82, 2.24) is 5.32 Å². The van der Waals surface area contributed by atoms with E-state index in [4.69, 9.17) is 9.39 Å². The highest BCUT2D eigenvalue weighted by molar-refractivity contribution is 6.47. The largest absolute Gasteiger partial charge is 0.493 e. The molecule has 171 valence electrons. The minimum absolute atomic E-state index is 0.166. The summed E-state index contributed by atoms with van der Waals surface area (Å²) >= 11 is 0. The standard InChI is InChI=1S/C21H31BNO8/c1-8-30-16-11-13(22-31-21(4,5)20(2,3)27)9-10-14(16)18(25)23-15(19(26)29-7)12-17(24)28-6/h9-11,15,27H,8,12H2,1-7H3,(H,23,25). The van der Waals surface area contributed by atoms with Crippen LogP contribution in [0.5, 0.6) is 5.75 Å². The van der Waals surface area contributed by atoms with Crippen molar-refractivity contribution in [3.05, 3.63) is 23.8 Å². The zero-order valence-electron chi connectivity index (χ0n) is 19.1. The number of benzene rings is 1. The molecule has 0 saturated carbocycles. The van der Waals surface area contributed by atoms with Gasteiger partial charge < -0.3 is 29.3 Å². The van der Waals surface area contributed by atoms with Gasteiger partial charge in [-0.1, -0.05) is 6.07 Å². The van der Waals surface area contributed by atoms with E-state index in [0.29, 0.717) is 12.1 Å². The zero-order chi connectivity index (χ0) is 23.8. The molecule has 0 bridgehead atoms. The number of carbonyl (C=O) groups is 3. The molecule has 1 aromatic rings. The molecule has 0 saturated heterocycles. The molecule has 0 aliphatic carbocycles. The van der Waals surface area contributed by atoms with Gasteiger partial charge in [0.15, 0.2) is 0 Å². The van der Waals surface area contributed by atoms with Crippen molar-refractivity contribution in [1.29, 1.82) is 0 Å². The average molecular weight is 436 g/mol. The molecule has 1 aromatic carbocycles. The number of hydrogen-bond donors (Lipinski definition) is 2. The van der Waals surface area contributed by atoms with Crippen LogP contribution in [0.15, 0.2) is 18.2 Å². The Morgan fingerprint density at radius 2 is 1.77 bits per heavy atom. The first kappa shape index (κ1) is 26.5. The molecule has 0 aliphatic heterocycles. The first-order valence-corrected chi connectivity index (χ1v) is 9.82. The van der Waals surface area contributed by atoms with Gasteiger partial charge in [-0.05, 0) is 52.2 Å². The second-order valence-corrected chi connectivity index (χ2v) is 7.82. The SMILES string of the molecule is CCOc1cc([B]OC(C)(C)C(C)(C)O)ccc1C(=O)NC(CC(=O)OC)C(=O)OC. The second kappa shape index (κ2) is 11.2. The third kappa shape index (κ3) is 7.55. The second-order valence-electron chi connectivity index (χ2n) is 7.82. The van der Waals surface area contributed by atoms with Crippen LogP contribution in [0.3, 0.4) is 0 Å². The topological polar surface area (TPSA) is 120 Å². The minimum atomic E-state index is -1.21. The Kier molecular flexibility index (Phi) is 9.52. The normalized spacial score (nSPS) is 12.5. The summed E-state index contributed by atoms with van der Waals surface area (Å²) in [6.07, 6.45) is -0.370. The Balaban J connectivity index is 3.06. The Morgan fingerprint density at radius 3 is 2.29 bits per heavy atom. The molecular formula is C21H31BNO8. The molecule has 0 spiro atoms. The van der Waals surface area contributed by atoms with E-state index in [-0.39, 0.29) is 17.7 Å². The van der Waals surface area contributed by atoms with Gasteiger partial charge in [0.05, 0.1) is 44.0 Å². The van der Waals surface area contributed by atoms with Crippen LogP contribution >= 0.6 is 0 Å². The molecule has 10 heteroatoms. The quantitative estimate of drug-likeness (QED) is 0.385. The molecule has 0 aliphatic rings. The third-order valence-electron chi connectivity index (χ3n) is 4.90. The van der Waals surface area contributed by atoms with E-state index in [2.05, 4.69) is 14.8 Å². The molecule has 1 radical (unpaired) electrons. The van der Waals surface area contributed by atoms with E-state index < -0.39 is 35.1 Å². The lowest BCUT2D eigenvalue weighted by Gasteiger charge is -2.37. The summed E-state index contributed by atoms with van der Waals surface area (Å²) in [5, 5.41) is 12.7. The van der Waals surface area contributed by atoms with Gasteiger partial charge in [-0.3, -0.25) is 9.59 Å². The van der Waals surface area contributed by atoms with E-state index in [9.17, 15) is 19.5 Å². The van der Waals surface area contributed by atoms with Crippen LogP contribution in [0, 0.1) is 0 Å². The van der Waals surface area contributed by atoms with Crippen molar-refractivity contribution in [2.75, 3.05) is 20.8 Å². The van der Waals surface area contributed by atoms with Crippen molar-refractivity contribution < 1.29 is 38.4 Å². The number of ether oxygens (including phenoxy) is 3. The van der Waals surface area contributed by atoms with Gasteiger partial charge in [-0.15, -0.1) is 0 Å². The van der Waals surface area contributed by atoms with E-state index in [0.717, 1.165) is 7.11 Å². The fourth-order valence-corrected chi connectivity index (χ4v) is 2.26. The van der Waals surface area contributed by atoms with Gasteiger partial charge in [0.1, 0.15) is 11.8 Å². The van der Waals surface area contributed by atoms with Crippen LogP contribution in [0.25, 0.3) is 0 Å². The first-order chi connectivity index (χ1) is 14.4. The van der Waals surface area contributed by atoms with Crippen LogP contribution in [-0.2, 0) is 23.7 Å². The number of methoxy groups -OCH3 is 2. The molecule has 1 rings (SSSR count). The maximum absolute atomic E-state index is 12.8. The van der Waals surface area contributed by atoms with E-state index in [1.807, 2.05) is 0 Å². The van der Waals surface area contributed by atoms with Crippen LogP contribution < -0.4 is 15.5 Å². The molecule has 1 amide bonds. The molecular weight excluding hydrogens is 405 g/mol. The van der Waals surface area contributed by atoms with Crippen LogP contribution in [-0.4, -0.2) is 68.5 Å². The van der Waals surface area contributed by atoms with Gasteiger partial charge in [0, 0.05) is 0 Å². The van der Waals surface area contributed by atoms with Crippen molar-refractivity contribution >= 4 is 30.8 Å². The molecule has 9 nitrogen and oxygen atoms in total. The Hall–Kier alpha value is -2.59. The third-order valence-corrected chi connectivity index (χ3v) is 4.90. The molecule has 1 atom stereocenters. The zero-order valence-corrected chi connectivity index (χ0v) is 19.1. The summed E-state index contributed by atoms with van der Waals surface area (Å²) < 4.78 is 20.5. The van der Waals surface area contributed by atoms with Gasteiger partial charge in [-0.2, -0.15) is 0 Å². The molecule has 0 fully saturated rings. The summed E-state index contributed by atoms with van der Waals surface area (Å²) in [6, 6.07) is 3.54. The van der Waals surface area contributed by atoms with E-state index in [1.54, 1.807) is 46.8 Å². The fourth-order valence-electron chi connectivity index (χ4n) is 2.26. The van der Waals surface area contributed by atoms with Crippen molar-refractivity contribution in [2.24, 2.45) is 0 Å². The highest BCUT2D eigenvalue weighted by Crippen LogP contribution is 2.24. The van der Waals surface area contributed by atoms with E-state index in [1.165, 1.54) is 20.7 Å². The molecule has 31 heavy (non-hydrogen) atoms. The summed E-state index contributed by atoms with van der Waals surface area (Å²) in [4.78, 5) is 36.3. The van der Waals surface area contributed by atoms with Crippen molar-refractivity contribution in [3.63, 3.8) is 0 Å². The van der Waals surface area contributed by atoms with Crippen molar-refractivity contribution in [2.45, 2.75) is 58.3 Å². The van der Waals surface area contributed by atoms with Crippen LogP contribution in [0.4, 0.5) is 0 Å². The summed E-state index contributed by atoms with van der Waals surface area (Å²) in [5.41, 5.74) is -1.18. The number of carbonyl (C=O) groups excluding carboxylic acids is 3. The number of nitrogens with one attached hydrogen (secondary N) is 1. The summed E-state index contributed by atoms with van der Waals surface area (Å²) in [6.45, 7) is 8.85. The first-order valence-electron chi connectivity index (χ1n) is 9.82. The molecule has 0 heterocycles. The van der Waals surface area contributed by atoms with Gasteiger partial charge in [-0.25, -0.2) is 4.79 Å². The predicted molar refractivity (Wildman–Crippen MR) is 114 cm³/mol. The smallest absolute Gasteiger partial charge is 0.331 e. The molecule has 1 unspecified atom stereocenters. The summed E-state index contributed by atoms with van der Waals surface area (Å²) in [7, 11) is 3.81. The molecule has 2 N–H and O–H groups in total. The highest BCUT2D eigenvalue weighted by Gasteiger charge is 2.36. The number of rotatable bonds is 11. The Morgan fingerprint density at radius 1 is 1.13 bits per heavy atom. The number of hydrogen-bond acceptors (Lipinski definition) is 8. The van der Waals surface area contributed by atoms with Gasteiger partial charge in [0.25, 0.3) is 5.91 Å². The number of amides is 1. The Bertz CT molecular complexity index is 788. The Labute approximate surface area is 183 Å². The minimum Gasteiger partial charge on any atom is -0.493 e. The molecule has 0 aromatic heterocycles. The van der Waals surface area contributed by atoms with Gasteiger partial charge in [0.2, 0.25) is 0 Å². The lowest BCUT2D eigenvalue weighted by molar-refractivity contribution is -0.149. The lowest BCUT2D eigenvalue weighted by Crippen LogP contribution is -2.49. The van der Waals surface area contributed by atoms with Crippen LogP contribution in [0.1, 0.15) is 51.4 Å². The maximum Gasteiger partial charge on any atom is 0.331 e. The average Bonchev–Trinajstić information content (AvgIpc) is 2.70. The fraction of sp³-hybridized carbons (Fsp3) is 0.571. The highest BCUT2D eigenvalue weighted by atomic mass is 16.5. The lowest BCUT2D eigenvalue weighted by atomic mass is 9.82. The predicted octanol–water partition coefficient (Wildman–Crippen LogP) is 0.730. The van der Waals surface area contributed by atoms with E-state index >= 15 is 0 Å². The maximum atomic E-state index is 12.8.